The molecule has 152 valence electrons. The number of carbonyl (C=O) groups is 3. The summed E-state index contributed by atoms with van der Waals surface area (Å²) in [6.07, 6.45) is 0. The van der Waals surface area contributed by atoms with Crippen molar-refractivity contribution < 1.29 is 28.6 Å². The van der Waals surface area contributed by atoms with Crippen LogP contribution in [0.1, 0.15) is 61.2 Å². The van der Waals surface area contributed by atoms with E-state index >= 15 is 0 Å². The van der Waals surface area contributed by atoms with Crippen LogP contribution in [0.2, 0.25) is 0 Å². The molecule has 1 N–H and O–H groups in total. The molecule has 0 saturated carbocycles. The maximum atomic E-state index is 11.9. The Morgan fingerprint density at radius 1 is 1.04 bits per heavy atom. The molecule has 28 heavy (non-hydrogen) atoms. The van der Waals surface area contributed by atoms with Gasteiger partial charge in [0, 0.05) is 5.56 Å². The molecule has 8 heteroatoms. The van der Waals surface area contributed by atoms with Crippen LogP contribution in [0, 0.1) is 11.8 Å². The maximum Gasteiger partial charge on any atom is 0.356 e. The Balaban J connectivity index is 2.84. The Kier molecular flexibility index (Phi) is 9.12. The van der Waals surface area contributed by atoms with Crippen molar-refractivity contribution in [3.63, 3.8) is 0 Å². The van der Waals surface area contributed by atoms with E-state index in [0.29, 0.717) is 5.56 Å². The monoisotopic (exact) mass is 390 g/mol. The second-order valence-corrected chi connectivity index (χ2v) is 6.56. The molecule has 0 unspecified atom stereocenters. The summed E-state index contributed by atoms with van der Waals surface area (Å²) in [6, 6.07) is 2.86. The molecule has 1 rings (SSSR count). The molecule has 0 amide bonds. The molecule has 1 aromatic heterocycles. The number of pyridine rings is 1. The van der Waals surface area contributed by atoms with E-state index in [-0.39, 0.29) is 43.7 Å². The quantitative estimate of drug-likeness (QED) is 0.325. The third-order valence-corrected chi connectivity index (χ3v) is 2.93. The first kappa shape index (κ1) is 23.1. The lowest BCUT2D eigenvalue weighted by Gasteiger charge is -2.19. The zero-order chi connectivity index (χ0) is 21.2. The van der Waals surface area contributed by atoms with Crippen LogP contribution in [0.15, 0.2) is 12.1 Å². The molecule has 0 bridgehead atoms. The fourth-order valence-corrected chi connectivity index (χ4v) is 1.97. The van der Waals surface area contributed by atoms with Crippen LogP contribution in [-0.2, 0) is 19.0 Å². The zero-order valence-corrected chi connectivity index (χ0v) is 16.9. The highest BCUT2D eigenvalue weighted by Gasteiger charge is 2.16. The average molecular weight is 390 g/mol. The standard InChI is InChI=1S/C20H26N2O6/c1-6-26-18(24)15-11-14(12-16(22-15)19(25)27-7-2)9-8-10-21-13-17(23)28-20(3,4)5/h11-12,21H,6-7,10,13H2,1-5H3. The SMILES string of the molecule is CCOC(=O)c1cc(C#CCNCC(=O)OC(C)(C)C)cc(C(=O)OCC)n1. The van der Waals surface area contributed by atoms with Gasteiger partial charge in [-0.3, -0.25) is 10.1 Å². The summed E-state index contributed by atoms with van der Waals surface area (Å²) in [4.78, 5) is 39.5. The second-order valence-electron chi connectivity index (χ2n) is 6.56. The maximum absolute atomic E-state index is 11.9. The molecule has 1 aromatic rings. The van der Waals surface area contributed by atoms with Gasteiger partial charge in [0.1, 0.15) is 5.60 Å². The van der Waals surface area contributed by atoms with Crippen molar-refractivity contribution >= 4 is 17.9 Å². The normalized spacial score (nSPS) is 10.5. The predicted molar refractivity (Wildman–Crippen MR) is 102 cm³/mol. The van der Waals surface area contributed by atoms with Crippen LogP contribution in [0.4, 0.5) is 0 Å². The Morgan fingerprint density at radius 3 is 2.04 bits per heavy atom. The van der Waals surface area contributed by atoms with Gasteiger partial charge in [0.25, 0.3) is 0 Å². The van der Waals surface area contributed by atoms with Gasteiger partial charge in [-0.1, -0.05) is 11.8 Å². The van der Waals surface area contributed by atoms with Gasteiger partial charge in [-0.05, 0) is 46.8 Å². The van der Waals surface area contributed by atoms with Crippen molar-refractivity contribution in [2.24, 2.45) is 0 Å². The van der Waals surface area contributed by atoms with Gasteiger partial charge in [0.05, 0.1) is 26.3 Å². The summed E-state index contributed by atoms with van der Waals surface area (Å²) in [6.45, 7) is 9.30. The molecule has 0 fully saturated rings. The highest BCUT2D eigenvalue weighted by atomic mass is 16.6. The van der Waals surface area contributed by atoms with Crippen LogP contribution < -0.4 is 5.32 Å². The van der Waals surface area contributed by atoms with Crippen LogP contribution in [0.3, 0.4) is 0 Å². The predicted octanol–water partition coefficient (Wildman–Crippen LogP) is 1.72. The van der Waals surface area contributed by atoms with Gasteiger partial charge < -0.3 is 14.2 Å². The number of nitrogens with zero attached hydrogens (tertiary/aromatic N) is 1. The second kappa shape index (κ2) is 11.0. The van der Waals surface area contributed by atoms with Gasteiger partial charge in [-0.2, -0.15) is 0 Å². The number of nitrogens with one attached hydrogen (secondary N) is 1. The van der Waals surface area contributed by atoms with Crippen molar-refractivity contribution in [1.29, 1.82) is 0 Å². The van der Waals surface area contributed by atoms with E-state index < -0.39 is 17.5 Å². The lowest BCUT2D eigenvalue weighted by atomic mass is 10.2. The lowest BCUT2D eigenvalue weighted by molar-refractivity contribution is -0.153. The summed E-state index contributed by atoms with van der Waals surface area (Å²) in [5.74, 6) is 3.95. The van der Waals surface area contributed by atoms with Crippen LogP contribution in [0.5, 0.6) is 0 Å². The summed E-state index contributed by atoms with van der Waals surface area (Å²) >= 11 is 0. The minimum absolute atomic E-state index is 0.0183. The first-order valence-electron chi connectivity index (χ1n) is 8.94. The molecule has 0 spiro atoms. The molecular formula is C20H26N2O6. The first-order chi connectivity index (χ1) is 13.2. The van der Waals surface area contributed by atoms with Crippen LogP contribution >= 0.6 is 0 Å². The van der Waals surface area contributed by atoms with Crippen LogP contribution in [0.25, 0.3) is 0 Å². The molecule has 0 atom stereocenters. The van der Waals surface area contributed by atoms with Crippen LogP contribution in [-0.4, -0.2) is 54.8 Å². The summed E-state index contributed by atoms with van der Waals surface area (Å²) in [5, 5.41) is 2.85. The minimum Gasteiger partial charge on any atom is -0.461 e. The average Bonchev–Trinajstić information content (AvgIpc) is 2.60. The van der Waals surface area contributed by atoms with Crippen molar-refractivity contribution in [1.82, 2.24) is 10.3 Å². The summed E-state index contributed by atoms with van der Waals surface area (Å²) in [7, 11) is 0. The van der Waals surface area contributed by atoms with E-state index in [1.807, 2.05) is 0 Å². The Hall–Kier alpha value is -2.92. The molecule has 0 aromatic carbocycles. The molecular weight excluding hydrogens is 364 g/mol. The van der Waals surface area contributed by atoms with Crippen molar-refractivity contribution in [3.05, 3.63) is 29.1 Å². The van der Waals surface area contributed by atoms with E-state index in [4.69, 9.17) is 14.2 Å². The number of carbonyl (C=O) groups excluding carboxylic acids is 3. The zero-order valence-electron chi connectivity index (χ0n) is 16.9. The van der Waals surface area contributed by atoms with Gasteiger partial charge in [-0.15, -0.1) is 0 Å². The molecule has 0 saturated heterocycles. The molecule has 0 aliphatic carbocycles. The van der Waals surface area contributed by atoms with E-state index in [0.717, 1.165) is 0 Å². The number of hydrogen-bond acceptors (Lipinski definition) is 8. The van der Waals surface area contributed by atoms with Crippen molar-refractivity contribution in [2.45, 2.75) is 40.2 Å². The molecule has 1 heterocycles. The third-order valence-electron chi connectivity index (χ3n) is 2.93. The van der Waals surface area contributed by atoms with Gasteiger partial charge in [-0.25, -0.2) is 14.6 Å². The number of esters is 3. The Morgan fingerprint density at radius 2 is 1.57 bits per heavy atom. The van der Waals surface area contributed by atoms with E-state index in [2.05, 4.69) is 22.1 Å². The van der Waals surface area contributed by atoms with Gasteiger partial charge in [0.15, 0.2) is 11.4 Å². The van der Waals surface area contributed by atoms with E-state index in [9.17, 15) is 14.4 Å². The largest absolute Gasteiger partial charge is 0.461 e. The highest BCUT2D eigenvalue weighted by molar-refractivity contribution is 5.92. The van der Waals surface area contributed by atoms with Gasteiger partial charge in [0.2, 0.25) is 0 Å². The molecule has 0 radical (unpaired) electrons. The number of hydrogen-bond donors (Lipinski definition) is 1. The lowest BCUT2D eigenvalue weighted by Crippen LogP contribution is -2.31. The number of ether oxygens (including phenoxy) is 3. The smallest absolute Gasteiger partial charge is 0.356 e. The molecule has 0 aliphatic heterocycles. The van der Waals surface area contributed by atoms with Crippen molar-refractivity contribution in [3.8, 4) is 11.8 Å². The third kappa shape index (κ3) is 8.64. The van der Waals surface area contributed by atoms with Gasteiger partial charge >= 0.3 is 17.9 Å². The first-order valence-corrected chi connectivity index (χ1v) is 8.94. The number of aromatic nitrogens is 1. The highest BCUT2D eigenvalue weighted by Crippen LogP contribution is 2.09. The fourth-order valence-electron chi connectivity index (χ4n) is 1.97. The number of rotatable bonds is 7. The Bertz CT molecular complexity index is 735. The molecule has 0 aliphatic rings. The minimum atomic E-state index is -0.653. The van der Waals surface area contributed by atoms with Crippen molar-refractivity contribution in [2.75, 3.05) is 26.3 Å². The Labute approximate surface area is 164 Å². The summed E-state index contributed by atoms with van der Waals surface area (Å²) in [5.41, 5.74) is -0.203. The summed E-state index contributed by atoms with van der Waals surface area (Å²) < 4.78 is 15.0. The van der Waals surface area contributed by atoms with E-state index in [1.54, 1.807) is 34.6 Å². The van der Waals surface area contributed by atoms with E-state index in [1.165, 1.54) is 12.1 Å². The topological polar surface area (TPSA) is 104 Å². The molecule has 8 nitrogen and oxygen atoms in total. The fraction of sp³-hybridized carbons (Fsp3) is 0.500.